The van der Waals surface area contributed by atoms with E-state index in [2.05, 4.69) is 10.2 Å². The van der Waals surface area contributed by atoms with Crippen LogP contribution in [0.25, 0.3) is 11.1 Å². The summed E-state index contributed by atoms with van der Waals surface area (Å²) in [4.78, 5) is 14.9. The van der Waals surface area contributed by atoms with Crippen molar-refractivity contribution in [1.29, 1.82) is 0 Å². The maximum absolute atomic E-state index is 12.4. The summed E-state index contributed by atoms with van der Waals surface area (Å²) < 4.78 is 7.65. The zero-order valence-corrected chi connectivity index (χ0v) is 13.5. The average Bonchev–Trinajstić information content (AvgIpc) is 3.03. The lowest BCUT2D eigenvalue weighted by Crippen LogP contribution is -2.38. The molecule has 0 saturated carbocycles. The molecule has 5 nitrogen and oxygen atoms in total. The summed E-state index contributed by atoms with van der Waals surface area (Å²) in [5.41, 5.74) is 2.48. The molecule has 5 heteroatoms. The first-order valence-corrected chi connectivity index (χ1v) is 8.29. The minimum atomic E-state index is -0.0112. The number of hydrogen-bond acceptors (Lipinski definition) is 3. The largest absolute Gasteiger partial charge is 0.460 e. The minimum Gasteiger partial charge on any atom is -0.460 e. The Hall–Kier alpha value is -1.75. The second kappa shape index (κ2) is 6.57. The minimum absolute atomic E-state index is 0.0112. The molecule has 1 aliphatic heterocycles. The van der Waals surface area contributed by atoms with E-state index in [1.165, 1.54) is 19.3 Å². The number of fused-ring (bicyclic) bond motifs is 1. The molecular weight excluding hydrogens is 278 g/mol. The van der Waals surface area contributed by atoms with Gasteiger partial charge in [-0.15, -0.1) is 0 Å². The molecule has 0 atom stereocenters. The summed E-state index contributed by atoms with van der Waals surface area (Å²) in [7, 11) is 0. The third-order valence-electron chi connectivity index (χ3n) is 4.42. The number of piperidine rings is 1. The summed E-state index contributed by atoms with van der Waals surface area (Å²) in [6, 6.07) is 3.84. The molecule has 0 aliphatic carbocycles. The molecule has 0 bridgehead atoms. The summed E-state index contributed by atoms with van der Waals surface area (Å²) in [6.45, 7) is 8.70. The van der Waals surface area contributed by atoms with Gasteiger partial charge in [-0.1, -0.05) is 6.42 Å². The van der Waals surface area contributed by atoms with Crippen molar-refractivity contribution < 1.29 is 9.21 Å². The predicted molar refractivity (Wildman–Crippen MR) is 87.2 cm³/mol. The third kappa shape index (κ3) is 3.04. The van der Waals surface area contributed by atoms with E-state index < -0.39 is 0 Å². The molecule has 0 aromatic carbocycles. The lowest BCUT2D eigenvalue weighted by atomic mass is 10.1. The number of likely N-dealkylation sites (tertiary alicyclic amines) is 1. The van der Waals surface area contributed by atoms with Gasteiger partial charge in [-0.3, -0.25) is 4.79 Å². The number of hydrogen-bond donors (Lipinski definition) is 1. The Bertz CT molecular complexity index is 650. The van der Waals surface area contributed by atoms with Crippen LogP contribution in [0.3, 0.4) is 0 Å². The SMILES string of the molecule is CCn1c(C(=O)NCCN2CCCCC2)cc2oc(C)cc21. The van der Waals surface area contributed by atoms with Gasteiger partial charge >= 0.3 is 0 Å². The number of nitrogens with one attached hydrogen (secondary N) is 1. The highest BCUT2D eigenvalue weighted by molar-refractivity contribution is 5.97. The van der Waals surface area contributed by atoms with Crippen molar-refractivity contribution in [2.75, 3.05) is 26.2 Å². The van der Waals surface area contributed by atoms with Crippen molar-refractivity contribution in [3.8, 4) is 0 Å². The highest BCUT2D eigenvalue weighted by Crippen LogP contribution is 2.23. The fourth-order valence-corrected chi connectivity index (χ4v) is 3.29. The Morgan fingerprint density at radius 1 is 1.27 bits per heavy atom. The molecule has 0 unspecified atom stereocenters. The lowest BCUT2D eigenvalue weighted by Gasteiger charge is -2.26. The van der Waals surface area contributed by atoms with Gasteiger partial charge in [-0.05, 0) is 39.8 Å². The van der Waals surface area contributed by atoms with Crippen LogP contribution >= 0.6 is 0 Å². The summed E-state index contributed by atoms with van der Waals surface area (Å²) in [5.74, 6) is 0.868. The molecule has 1 N–H and O–H groups in total. The van der Waals surface area contributed by atoms with Crippen LogP contribution in [0.2, 0.25) is 0 Å². The van der Waals surface area contributed by atoms with Crippen LogP contribution in [0.15, 0.2) is 16.5 Å². The van der Waals surface area contributed by atoms with Crippen LogP contribution in [0.1, 0.15) is 42.4 Å². The van der Waals surface area contributed by atoms with Crippen molar-refractivity contribution in [3.63, 3.8) is 0 Å². The molecule has 1 aliphatic rings. The number of aromatic nitrogens is 1. The van der Waals surface area contributed by atoms with Crippen LogP contribution < -0.4 is 5.32 Å². The van der Waals surface area contributed by atoms with E-state index in [-0.39, 0.29) is 5.91 Å². The summed E-state index contributed by atoms with van der Waals surface area (Å²) in [6.07, 6.45) is 3.90. The van der Waals surface area contributed by atoms with Gasteiger partial charge in [0, 0.05) is 31.8 Å². The third-order valence-corrected chi connectivity index (χ3v) is 4.42. The number of furan rings is 1. The van der Waals surface area contributed by atoms with Gasteiger partial charge in [0.15, 0.2) is 5.58 Å². The zero-order valence-electron chi connectivity index (χ0n) is 13.5. The fraction of sp³-hybridized carbons (Fsp3) is 0.588. The first-order chi connectivity index (χ1) is 10.7. The van der Waals surface area contributed by atoms with Crippen molar-refractivity contribution in [3.05, 3.63) is 23.6 Å². The second-order valence-corrected chi connectivity index (χ2v) is 6.04. The summed E-state index contributed by atoms with van der Waals surface area (Å²) in [5, 5.41) is 3.04. The van der Waals surface area contributed by atoms with Gasteiger partial charge in [0.1, 0.15) is 11.5 Å². The Morgan fingerprint density at radius 2 is 2.05 bits per heavy atom. The number of carbonyl (C=O) groups is 1. The quantitative estimate of drug-likeness (QED) is 0.924. The number of aryl methyl sites for hydroxylation is 2. The number of nitrogens with zero attached hydrogens (tertiary/aromatic N) is 2. The molecule has 1 saturated heterocycles. The molecule has 2 aromatic rings. The van der Waals surface area contributed by atoms with Crippen LogP contribution in [-0.4, -0.2) is 41.6 Å². The van der Waals surface area contributed by atoms with E-state index in [9.17, 15) is 4.79 Å². The standard InChI is InChI=1S/C17H25N3O2/c1-3-20-14-11-13(2)22-16(14)12-15(20)17(21)18-7-10-19-8-5-4-6-9-19/h11-12H,3-10H2,1-2H3,(H,18,21). The molecule has 3 heterocycles. The Morgan fingerprint density at radius 3 is 2.77 bits per heavy atom. The number of carbonyl (C=O) groups excluding carboxylic acids is 1. The average molecular weight is 303 g/mol. The van der Waals surface area contributed by atoms with Crippen LogP contribution in [0.4, 0.5) is 0 Å². The molecule has 2 aromatic heterocycles. The molecule has 1 amide bonds. The van der Waals surface area contributed by atoms with Gasteiger partial charge in [-0.2, -0.15) is 0 Å². The van der Waals surface area contributed by atoms with Gasteiger partial charge in [0.2, 0.25) is 0 Å². The first-order valence-electron chi connectivity index (χ1n) is 8.29. The molecule has 0 spiro atoms. The molecule has 22 heavy (non-hydrogen) atoms. The van der Waals surface area contributed by atoms with Gasteiger partial charge in [0.25, 0.3) is 5.91 Å². The van der Waals surface area contributed by atoms with E-state index in [0.717, 1.165) is 43.0 Å². The van der Waals surface area contributed by atoms with E-state index in [1.807, 2.05) is 30.5 Å². The van der Waals surface area contributed by atoms with E-state index in [4.69, 9.17) is 4.42 Å². The molecule has 3 rings (SSSR count). The fourth-order valence-electron chi connectivity index (χ4n) is 3.29. The maximum Gasteiger partial charge on any atom is 0.268 e. The van der Waals surface area contributed by atoms with Gasteiger partial charge in [-0.25, -0.2) is 0 Å². The second-order valence-electron chi connectivity index (χ2n) is 6.04. The normalized spacial score (nSPS) is 16.3. The van der Waals surface area contributed by atoms with E-state index in [0.29, 0.717) is 12.2 Å². The van der Waals surface area contributed by atoms with E-state index >= 15 is 0 Å². The monoisotopic (exact) mass is 303 g/mol. The topological polar surface area (TPSA) is 50.4 Å². The Labute approximate surface area is 131 Å². The maximum atomic E-state index is 12.4. The molecular formula is C17H25N3O2. The number of amides is 1. The smallest absolute Gasteiger partial charge is 0.268 e. The van der Waals surface area contributed by atoms with Crippen molar-refractivity contribution in [1.82, 2.24) is 14.8 Å². The van der Waals surface area contributed by atoms with E-state index in [1.54, 1.807) is 0 Å². The summed E-state index contributed by atoms with van der Waals surface area (Å²) >= 11 is 0. The highest BCUT2D eigenvalue weighted by Gasteiger charge is 2.17. The van der Waals surface area contributed by atoms with Crippen LogP contribution in [0, 0.1) is 6.92 Å². The zero-order chi connectivity index (χ0) is 15.5. The highest BCUT2D eigenvalue weighted by atomic mass is 16.3. The Kier molecular flexibility index (Phi) is 4.52. The van der Waals surface area contributed by atoms with Crippen molar-refractivity contribution in [2.24, 2.45) is 0 Å². The van der Waals surface area contributed by atoms with Crippen molar-refractivity contribution in [2.45, 2.75) is 39.7 Å². The van der Waals surface area contributed by atoms with Crippen LogP contribution in [-0.2, 0) is 6.54 Å². The van der Waals surface area contributed by atoms with Gasteiger partial charge < -0.3 is 19.2 Å². The molecule has 0 radical (unpaired) electrons. The molecule has 1 fully saturated rings. The number of rotatable bonds is 5. The van der Waals surface area contributed by atoms with Crippen LogP contribution in [0.5, 0.6) is 0 Å². The lowest BCUT2D eigenvalue weighted by molar-refractivity contribution is 0.0938. The molecule has 120 valence electrons. The predicted octanol–water partition coefficient (Wildman–Crippen LogP) is 2.78. The Balaban J connectivity index is 1.63. The first kappa shape index (κ1) is 15.2. The van der Waals surface area contributed by atoms with Crippen molar-refractivity contribution >= 4 is 17.0 Å². The van der Waals surface area contributed by atoms with Gasteiger partial charge in [0.05, 0.1) is 5.52 Å².